The van der Waals surface area contributed by atoms with Crippen LogP contribution in [-0.2, 0) is 0 Å². The molecule has 6 rings (SSSR count). The van der Waals surface area contributed by atoms with Crippen molar-refractivity contribution in [2.75, 3.05) is 0 Å². The second-order valence-corrected chi connectivity index (χ2v) is 15.8. The molecule has 0 N–H and O–H groups in total. The second kappa shape index (κ2) is 12.0. The van der Waals surface area contributed by atoms with Crippen LogP contribution in [0.2, 0.25) is 0 Å². The molecule has 0 aliphatic heterocycles. The highest BCUT2D eigenvalue weighted by Crippen LogP contribution is 2.55. The van der Waals surface area contributed by atoms with Crippen molar-refractivity contribution in [3.05, 3.63) is 0 Å². The van der Waals surface area contributed by atoms with Gasteiger partial charge in [0.1, 0.15) is 0 Å². The fourth-order valence-electron chi connectivity index (χ4n) is 12.1. The molecular weight excluding hydrogens is 432 g/mol. The first-order chi connectivity index (χ1) is 17.7. The van der Waals surface area contributed by atoms with E-state index >= 15 is 0 Å². The third-order valence-corrected chi connectivity index (χ3v) is 14.1. The van der Waals surface area contributed by atoms with Crippen LogP contribution < -0.4 is 0 Å². The Hall–Kier alpha value is 0. The van der Waals surface area contributed by atoms with E-state index in [0.717, 1.165) is 71.0 Å². The Kier molecular flexibility index (Phi) is 8.76. The van der Waals surface area contributed by atoms with E-state index in [2.05, 4.69) is 13.8 Å². The van der Waals surface area contributed by atoms with E-state index in [9.17, 15) is 0 Å². The van der Waals surface area contributed by atoms with Gasteiger partial charge in [0, 0.05) is 0 Å². The van der Waals surface area contributed by atoms with Crippen molar-refractivity contribution >= 4 is 0 Å². The van der Waals surface area contributed by atoms with Gasteiger partial charge in [-0.2, -0.15) is 0 Å². The molecule has 0 saturated heterocycles. The van der Waals surface area contributed by atoms with Gasteiger partial charge >= 0.3 is 0 Å². The highest BCUT2D eigenvalue weighted by molar-refractivity contribution is 4.95. The molecule has 6 aliphatic carbocycles. The molecule has 0 bridgehead atoms. The molecule has 0 radical (unpaired) electrons. The highest BCUT2D eigenvalue weighted by atomic mass is 14.5. The lowest BCUT2D eigenvalue weighted by Crippen LogP contribution is -2.42. The first-order valence-electron chi connectivity index (χ1n) is 17.7. The molecule has 6 aliphatic rings. The third kappa shape index (κ3) is 5.64. The lowest BCUT2D eigenvalue weighted by Gasteiger charge is -2.51. The molecule has 0 aromatic heterocycles. The largest absolute Gasteiger partial charge is 0.0622 e. The molecule has 10 atom stereocenters. The Labute approximate surface area is 225 Å². The van der Waals surface area contributed by atoms with Crippen LogP contribution in [0.3, 0.4) is 0 Å². The highest BCUT2D eigenvalue weighted by Gasteiger charge is 2.45. The van der Waals surface area contributed by atoms with E-state index in [1.54, 1.807) is 128 Å². The van der Waals surface area contributed by atoms with Gasteiger partial charge in [0.25, 0.3) is 0 Å². The van der Waals surface area contributed by atoms with Gasteiger partial charge in [0.2, 0.25) is 0 Å². The molecule has 6 fully saturated rings. The smallest absolute Gasteiger partial charge is 0.0352 e. The van der Waals surface area contributed by atoms with Crippen molar-refractivity contribution in [1.82, 2.24) is 0 Å². The molecular formula is C36H62. The Morgan fingerprint density at radius 2 is 0.750 bits per heavy atom. The Morgan fingerprint density at radius 3 is 1.17 bits per heavy atom. The maximum Gasteiger partial charge on any atom is -0.0352 e. The molecule has 0 spiro atoms. The molecule has 0 aromatic rings. The van der Waals surface area contributed by atoms with Gasteiger partial charge in [-0.1, -0.05) is 104 Å². The lowest BCUT2D eigenvalue weighted by molar-refractivity contribution is -0.00834. The summed E-state index contributed by atoms with van der Waals surface area (Å²) in [5, 5.41) is 0. The normalized spacial score (nSPS) is 47.2. The van der Waals surface area contributed by atoms with Crippen LogP contribution in [0.5, 0.6) is 0 Å². The van der Waals surface area contributed by atoms with Crippen LogP contribution in [0.4, 0.5) is 0 Å². The monoisotopic (exact) mass is 494 g/mol. The van der Waals surface area contributed by atoms with Crippen molar-refractivity contribution in [2.45, 2.75) is 155 Å². The molecule has 36 heavy (non-hydrogen) atoms. The average molecular weight is 495 g/mol. The van der Waals surface area contributed by atoms with Crippen molar-refractivity contribution in [3.63, 3.8) is 0 Å². The van der Waals surface area contributed by atoms with Gasteiger partial charge in [0.15, 0.2) is 0 Å². The van der Waals surface area contributed by atoms with Gasteiger partial charge in [0.05, 0.1) is 0 Å². The summed E-state index contributed by atoms with van der Waals surface area (Å²) >= 11 is 0. The fourth-order valence-corrected chi connectivity index (χ4v) is 12.1. The molecule has 0 amide bonds. The van der Waals surface area contributed by atoms with E-state index in [4.69, 9.17) is 0 Å². The first kappa shape index (κ1) is 26.2. The minimum Gasteiger partial charge on any atom is -0.0622 e. The minimum atomic E-state index is 1.01. The molecule has 0 aromatic carbocycles. The summed E-state index contributed by atoms with van der Waals surface area (Å²) in [5.41, 5.74) is 0. The second-order valence-electron chi connectivity index (χ2n) is 15.8. The Morgan fingerprint density at radius 1 is 0.361 bits per heavy atom. The standard InChI is InChI=1S/C36H62/c1-25-21-35-31(15-9-17-33(35)27-11-5-3-6-12-27)23-29(25)19-20-30-24-32-16-10-18-34(36(32)22-26(30)2)28-13-7-4-8-14-28/h25-36H,3-24H2,1-2H3/t25-,26?,29?,30?,31?,32?,33?,34-,35?,36?/m1/s1. The zero-order valence-corrected chi connectivity index (χ0v) is 24.5. The molecule has 8 unspecified atom stereocenters. The Bertz CT molecular complexity index is 610. The summed E-state index contributed by atoms with van der Waals surface area (Å²) in [6.07, 6.45) is 34.6. The van der Waals surface area contributed by atoms with Crippen LogP contribution >= 0.6 is 0 Å². The number of fused-ring (bicyclic) bond motifs is 2. The number of hydrogen-bond acceptors (Lipinski definition) is 0. The zero-order valence-electron chi connectivity index (χ0n) is 24.5. The first-order valence-corrected chi connectivity index (χ1v) is 17.7. The van der Waals surface area contributed by atoms with E-state index in [0.29, 0.717) is 0 Å². The summed E-state index contributed by atoms with van der Waals surface area (Å²) in [6.45, 7) is 5.37. The molecule has 0 heteroatoms. The van der Waals surface area contributed by atoms with Gasteiger partial charge in [-0.05, 0) is 122 Å². The van der Waals surface area contributed by atoms with E-state index in [-0.39, 0.29) is 0 Å². The predicted molar refractivity (Wildman–Crippen MR) is 155 cm³/mol. The minimum absolute atomic E-state index is 1.01. The lowest BCUT2D eigenvalue weighted by atomic mass is 9.54. The molecule has 0 nitrogen and oxygen atoms in total. The van der Waals surface area contributed by atoms with E-state index in [1.165, 1.54) is 12.8 Å². The summed E-state index contributed by atoms with van der Waals surface area (Å²) in [5.74, 6) is 13.0. The van der Waals surface area contributed by atoms with E-state index in [1.807, 2.05) is 0 Å². The molecule has 206 valence electrons. The topological polar surface area (TPSA) is 0 Å². The van der Waals surface area contributed by atoms with Gasteiger partial charge < -0.3 is 0 Å². The SMILES string of the molecule is CC1CC2C(CCC[C@@H]2C2CCCCC2)CC1CCC1CC2CCCC(C3CCCCC3)C2C[C@H]1C. The van der Waals surface area contributed by atoms with Crippen LogP contribution in [0.15, 0.2) is 0 Å². The van der Waals surface area contributed by atoms with Gasteiger partial charge in [-0.3, -0.25) is 0 Å². The van der Waals surface area contributed by atoms with Crippen LogP contribution in [0.1, 0.15) is 155 Å². The average Bonchev–Trinajstić information content (AvgIpc) is 2.92. The number of hydrogen-bond donors (Lipinski definition) is 0. The summed E-state index contributed by atoms with van der Waals surface area (Å²) in [6, 6.07) is 0. The fraction of sp³-hybridized carbons (Fsp3) is 1.00. The van der Waals surface area contributed by atoms with Crippen molar-refractivity contribution in [1.29, 1.82) is 0 Å². The predicted octanol–water partition coefficient (Wildman–Crippen LogP) is 11.1. The van der Waals surface area contributed by atoms with Crippen molar-refractivity contribution in [2.24, 2.45) is 71.0 Å². The van der Waals surface area contributed by atoms with Crippen LogP contribution in [-0.4, -0.2) is 0 Å². The Balaban J connectivity index is 1.02. The third-order valence-electron chi connectivity index (χ3n) is 14.1. The van der Waals surface area contributed by atoms with Crippen LogP contribution in [0.25, 0.3) is 0 Å². The molecule has 0 heterocycles. The summed E-state index contributed by atoms with van der Waals surface area (Å²) < 4.78 is 0. The maximum absolute atomic E-state index is 2.68. The summed E-state index contributed by atoms with van der Waals surface area (Å²) in [7, 11) is 0. The zero-order chi connectivity index (χ0) is 24.5. The quantitative estimate of drug-likeness (QED) is 0.356. The van der Waals surface area contributed by atoms with E-state index < -0.39 is 0 Å². The van der Waals surface area contributed by atoms with Gasteiger partial charge in [-0.25, -0.2) is 0 Å². The van der Waals surface area contributed by atoms with Crippen LogP contribution in [0, 0.1) is 71.0 Å². The van der Waals surface area contributed by atoms with Gasteiger partial charge in [-0.15, -0.1) is 0 Å². The number of rotatable bonds is 5. The maximum atomic E-state index is 2.68. The van der Waals surface area contributed by atoms with Crippen molar-refractivity contribution in [3.8, 4) is 0 Å². The molecule has 6 saturated carbocycles. The van der Waals surface area contributed by atoms with Crippen molar-refractivity contribution < 1.29 is 0 Å². The summed E-state index contributed by atoms with van der Waals surface area (Å²) in [4.78, 5) is 0.